The van der Waals surface area contributed by atoms with E-state index in [9.17, 15) is 18.0 Å². The first-order valence-electron chi connectivity index (χ1n) is 9.91. The number of hydrogen-bond donors (Lipinski definition) is 1. The lowest BCUT2D eigenvalue weighted by molar-refractivity contribution is -0.121. The van der Waals surface area contributed by atoms with Crippen LogP contribution in [0, 0.1) is 6.92 Å². The van der Waals surface area contributed by atoms with Crippen molar-refractivity contribution in [3.8, 4) is 0 Å². The number of carbonyl (C=O) groups excluding carboxylic acids is 2. The Hall–Kier alpha value is -3.45. The van der Waals surface area contributed by atoms with Crippen LogP contribution in [0.25, 0.3) is 0 Å². The Kier molecular flexibility index (Phi) is 5.61. The number of sulfone groups is 1. The maximum absolute atomic E-state index is 13.5. The summed E-state index contributed by atoms with van der Waals surface area (Å²) < 4.78 is 26.9. The molecule has 1 unspecified atom stereocenters. The van der Waals surface area contributed by atoms with Gasteiger partial charge in [-0.2, -0.15) is 0 Å². The maximum atomic E-state index is 13.5. The van der Waals surface area contributed by atoms with Crippen molar-refractivity contribution in [3.63, 3.8) is 0 Å². The Bertz CT molecular complexity index is 1240. The van der Waals surface area contributed by atoms with Crippen molar-refractivity contribution < 1.29 is 18.0 Å². The van der Waals surface area contributed by atoms with Crippen molar-refractivity contribution in [1.29, 1.82) is 0 Å². The van der Waals surface area contributed by atoms with Crippen LogP contribution >= 0.6 is 0 Å². The van der Waals surface area contributed by atoms with Crippen LogP contribution in [-0.4, -0.2) is 26.8 Å². The first kappa shape index (κ1) is 20.8. The van der Waals surface area contributed by atoms with E-state index < -0.39 is 26.9 Å². The summed E-state index contributed by atoms with van der Waals surface area (Å²) in [5, 5.41) is 1.80. The molecule has 0 spiro atoms. The van der Waals surface area contributed by atoms with E-state index in [-0.39, 0.29) is 23.5 Å². The lowest BCUT2D eigenvalue weighted by atomic mass is 10.1. The van der Waals surface area contributed by atoms with Gasteiger partial charge in [-0.1, -0.05) is 60.7 Å². The molecular formula is C24H22N2O4S. The molecule has 6 nitrogen and oxygen atoms in total. The molecule has 7 heteroatoms. The zero-order valence-electron chi connectivity index (χ0n) is 17.0. The number of anilines is 2. The van der Waals surface area contributed by atoms with Crippen LogP contribution in [0.1, 0.15) is 22.8 Å². The third kappa shape index (κ3) is 4.09. The lowest BCUT2D eigenvalue weighted by Gasteiger charge is -2.22. The van der Waals surface area contributed by atoms with Crippen LogP contribution in [0.4, 0.5) is 11.4 Å². The summed E-state index contributed by atoms with van der Waals surface area (Å²) in [5.74, 6) is -0.810. The van der Waals surface area contributed by atoms with E-state index in [1.165, 1.54) is 11.0 Å². The van der Waals surface area contributed by atoms with E-state index in [2.05, 4.69) is 5.32 Å². The van der Waals surface area contributed by atoms with Gasteiger partial charge in [0.25, 0.3) is 0 Å². The summed E-state index contributed by atoms with van der Waals surface area (Å²) in [6.45, 7) is 1.60. The summed E-state index contributed by atoms with van der Waals surface area (Å²) in [4.78, 5) is 27.3. The summed E-state index contributed by atoms with van der Waals surface area (Å²) >= 11 is 0. The highest BCUT2D eigenvalue weighted by Crippen LogP contribution is 2.40. The molecule has 1 N–H and O–H groups in total. The van der Waals surface area contributed by atoms with Gasteiger partial charge < -0.3 is 10.2 Å². The van der Waals surface area contributed by atoms with Crippen molar-refractivity contribution >= 4 is 33.0 Å². The van der Waals surface area contributed by atoms with Gasteiger partial charge in [-0.05, 0) is 36.2 Å². The number of hydrogen-bond acceptors (Lipinski definition) is 4. The minimum absolute atomic E-state index is 0.0541. The topological polar surface area (TPSA) is 83.6 Å². The monoisotopic (exact) mass is 434 g/mol. The van der Waals surface area contributed by atoms with Gasteiger partial charge in [0.2, 0.25) is 11.8 Å². The second-order valence-corrected chi connectivity index (χ2v) is 9.56. The highest BCUT2D eigenvalue weighted by molar-refractivity contribution is 7.92. The number of para-hydroxylation sites is 2. The van der Waals surface area contributed by atoms with Crippen LogP contribution in [0.3, 0.4) is 0 Å². The maximum Gasteiger partial charge on any atom is 0.244 e. The molecule has 1 heterocycles. The molecule has 1 atom stereocenters. The molecule has 31 heavy (non-hydrogen) atoms. The zero-order chi connectivity index (χ0) is 22.0. The molecule has 4 rings (SSSR count). The van der Waals surface area contributed by atoms with E-state index in [1.54, 1.807) is 54.6 Å². The number of nitrogens with zero attached hydrogens (tertiary/aromatic N) is 1. The predicted octanol–water partition coefficient (Wildman–Crippen LogP) is 3.89. The summed E-state index contributed by atoms with van der Waals surface area (Å²) in [7, 11) is -3.83. The molecule has 3 aromatic carbocycles. The van der Waals surface area contributed by atoms with Gasteiger partial charge >= 0.3 is 0 Å². The second-order valence-electron chi connectivity index (χ2n) is 7.46. The number of rotatable bonds is 4. The van der Waals surface area contributed by atoms with E-state index >= 15 is 0 Å². The SMILES string of the molecule is Cc1ccccc1NC(=O)CN1C(=O)CC(c2ccccc2)S(=O)(=O)c2ccccc21. The molecule has 0 radical (unpaired) electrons. The van der Waals surface area contributed by atoms with Gasteiger partial charge in [-0.15, -0.1) is 0 Å². The Morgan fingerprint density at radius 3 is 2.35 bits per heavy atom. The first-order valence-corrected chi connectivity index (χ1v) is 11.5. The largest absolute Gasteiger partial charge is 0.324 e. The molecular weight excluding hydrogens is 412 g/mol. The quantitative estimate of drug-likeness (QED) is 0.675. The number of benzene rings is 3. The van der Waals surface area contributed by atoms with Crippen LogP contribution in [0.2, 0.25) is 0 Å². The fraction of sp³-hybridized carbons (Fsp3) is 0.167. The predicted molar refractivity (Wildman–Crippen MR) is 120 cm³/mol. The second kappa shape index (κ2) is 8.35. The average molecular weight is 435 g/mol. The highest BCUT2D eigenvalue weighted by atomic mass is 32.2. The number of amides is 2. The van der Waals surface area contributed by atoms with Gasteiger partial charge in [-0.25, -0.2) is 8.42 Å². The smallest absolute Gasteiger partial charge is 0.244 e. The molecule has 0 fully saturated rings. The van der Waals surface area contributed by atoms with Crippen molar-refractivity contribution in [2.45, 2.75) is 23.5 Å². The molecule has 2 amide bonds. The molecule has 0 saturated heterocycles. The average Bonchev–Trinajstić information content (AvgIpc) is 2.85. The number of fused-ring (bicyclic) bond motifs is 1. The normalized spacial score (nSPS) is 17.5. The lowest BCUT2D eigenvalue weighted by Crippen LogP contribution is -2.38. The van der Waals surface area contributed by atoms with E-state index in [1.807, 2.05) is 25.1 Å². The molecule has 0 saturated carbocycles. The van der Waals surface area contributed by atoms with Gasteiger partial charge in [0.05, 0.1) is 15.8 Å². The minimum Gasteiger partial charge on any atom is -0.324 e. The molecule has 1 aliphatic rings. The summed E-state index contributed by atoms with van der Waals surface area (Å²) in [5.41, 5.74) is 2.32. The van der Waals surface area contributed by atoms with E-state index in [0.717, 1.165) is 5.56 Å². The van der Waals surface area contributed by atoms with Crippen molar-refractivity contribution in [2.24, 2.45) is 0 Å². The molecule has 3 aromatic rings. The number of nitrogens with one attached hydrogen (secondary N) is 1. The summed E-state index contributed by atoms with van der Waals surface area (Å²) in [6, 6.07) is 22.4. The van der Waals surface area contributed by atoms with Crippen molar-refractivity contribution in [3.05, 3.63) is 90.0 Å². The Labute approximate surface area is 181 Å². The molecule has 0 aromatic heterocycles. The fourth-order valence-corrected chi connectivity index (χ4v) is 5.69. The number of aryl methyl sites for hydroxylation is 1. The van der Waals surface area contributed by atoms with E-state index in [4.69, 9.17) is 0 Å². The van der Waals surface area contributed by atoms with Crippen LogP contribution in [-0.2, 0) is 19.4 Å². The molecule has 0 bridgehead atoms. The van der Waals surface area contributed by atoms with Gasteiger partial charge in [-0.3, -0.25) is 9.59 Å². The zero-order valence-corrected chi connectivity index (χ0v) is 17.8. The Morgan fingerprint density at radius 1 is 0.968 bits per heavy atom. The van der Waals surface area contributed by atoms with Crippen molar-refractivity contribution in [1.82, 2.24) is 0 Å². The molecule has 1 aliphatic heterocycles. The third-order valence-electron chi connectivity index (χ3n) is 5.39. The van der Waals surface area contributed by atoms with Gasteiger partial charge in [0.1, 0.15) is 6.54 Å². The van der Waals surface area contributed by atoms with Gasteiger partial charge in [0.15, 0.2) is 9.84 Å². The highest BCUT2D eigenvalue weighted by Gasteiger charge is 2.39. The van der Waals surface area contributed by atoms with Crippen LogP contribution in [0.15, 0.2) is 83.8 Å². The number of carbonyl (C=O) groups is 2. The van der Waals surface area contributed by atoms with Crippen LogP contribution < -0.4 is 10.2 Å². The van der Waals surface area contributed by atoms with E-state index in [0.29, 0.717) is 11.3 Å². The van der Waals surface area contributed by atoms with Crippen LogP contribution in [0.5, 0.6) is 0 Å². The van der Waals surface area contributed by atoms with Gasteiger partial charge in [0, 0.05) is 12.1 Å². The Balaban J connectivity index is 1.71. The minimum atomic E-state index is -3.83. The fourth-order valence-electron chi connectivity index (χ4n) is 3.77. The van der Waals surface area contributed by atoms with Crippen molar-refractivity contribution in [2.75, 3.05) is 16.8 Å². The first-order chi connectivity index (χ1) is 14.9. The summed E-state index contributed by atoms with van der Waals surface area (Å²) in [6.07, 6.45) is -0.237. The Morgan fingerprint density at radius 2 is 1.61 bits per heavy atom. The third-order valence-corrected chi connectivity index (χ3v) is 7.54. The molecule has 0 aliphatic carbocycles. The standard InChI is InChI=1S/C24H22N2O4S/c1-17-9-5-6-12-19(17)25-23(27)16-26-20-13-7-8-14-21(20)31(29,30)22(15-24(26)28)18-10-3-2-4-11-18/h2-14,22H,15-16H2,1H3,(H,25,27). The molecule has 158 valence electrons.